The summed E-state index contributed by atoms with van der Waals surface area (Å²) < 4.78 is 5.92. The molecule has 1 aromatic heterocycles. The molecular weight excluding hydrogens is 338 g/mol. The van der Waals surface area contributed by atoms with Gasteiger partial charge >= 0.3 is 0 Å². The van der Waals surface area contributed by atoms with Gasteiger partial charge in [-0.3, -0.25) is 4.79 Å². The lowest BCUT2D eigenvalue weighted by Gasteiger charge is -2.07. The van der Waals surface area contributed by atoms with Gasteiger partial charge in [0.05, 0.1) is 18.1 Å². The van der Waals surface area contributed by atoms with E-state index in [2.05, 4.69) is 41.2 Å². The van der Waals surface area contributed by atoms with Crippen LogP contribution in [0.4, 0.5) is 0 Å². The molecule has 1 aromatic carbocycles. The number of hydrogen-bond donors (Lipinski definition) is 1. The van der Waals surface area contributed by atoms with Gasteiger partial charge in [-0.25, -0.2) is 0 Å². The third kappa shape index (κ3) is 3.41. The summed E-state index contributed by atoms with van der Waals surface area (Å²) in [6.45, 7) is 4.73. The Morgan fingerprint density at radius 3 is 2.65 bits per heavy atom. The third-order valence-electron chi connectivity index (χ3n) is 3.05. The SMILES string of the molecule is COc1ccc(C(=O)NCc2cc(C)c(C)s2)cc1Br. The molecule has 0 aliphatic heterocycles. The van der Waals surface area contributed by atoms with Crippen LogP contribution in [0.3, 0.4) is 0 Å². The quantitative estimate of drug-likeness (QED) is 0.899. The van der Waals surface area contributed by atoms with Crippen LogP contribution in [-0.2, 0) is 6.54 Å². The average molecular weight is 354 g/mol. The molecule has 0 atom stereocenters. The minimum absolute atomic E-state index is 0.0861. The molecule has 1 N–H and O–H groups in total. The summed E-state index contributed by atoms with van der Waals surface area (Å²) in [6.07, 6.45) is 0. The highest BCUT2D eigenvalue weighted by atomic mass is 79.9. The Morgan fingerprint density at radius 2 is 2.10 bits per heavy atom. The predicted octanol–water partition coefficient (Wildman–Crippen LogP) is 4.07. The second kappa shape index (κ2) is 6.41. The summed E-state index contributed by atoms with van der Waals surface area (Å²) >= 11 is 5.10. The van der Waals surface area contributed by atoms with Crippen molar-refractivity contribution in [3.63, 3.8) is 0 Å². The predicted molar refractivity (Wildman–Crippen MR) is 85.7 cm³/mol. The lowest BCUT2D eigenvalue weighted by Crippen LogP contribution is -2.22. The fourth-order valence-electron chi connectivity index (χ4n) is 1.81. The minimum atomic E-state index is -0.0861. The zero-order valence-corrected chi connectivity index (χ0v) is 14.0. The molecule has 3 nitrogen and oxygen atoms in total. The van der Waals surface area contributed by atoms with Crippen LogP contribution in [0, 0.1) is 13.8 Å². The number of thiophene rings is 1. The fraction of sp³-hybridized carbons (Fsp3) is 0.267. The van der Waals surface area contributed by atoms with E-state index in [4.69, 9.17) is 4.74 Å². The van der Waals surface area contributed by atoms with Crippen LogP contribution in [0.5, 0.6) is 5.75 Å². The van der Waals surface area contributed by atoms with Crippen molar-refractivity contribution in [2.75, 3.05) is 7.11 Å². The van der Waals surface area contributed by atoms with Gasteiger partial charge in [-0.1, -0.05) is 0 Å². The first-order chi connectivity index (χ1) is 9.51. The van der Waals surface area contributed by atoms with Crippen molar-refractivity contribution in [3.05, 3.63) is 49.6 Å². The molecule has 0 bridgehead atoms. The number of ether oxygens (including phenoxy) is 1. The molecule has 0 aliphatic carbocycles. The van der Waals surface area contributed by atoms with Gasteiger partial charge in [-0.15, -0.1) is 11.3 Å². The molecule has 0 fully saturated rings. The highest BCUT2D eigenvalue weighted by Gasteiger charge is 2.09. The summed E-state index contributed by atoms with van der Waals surface area (Å²) in [6, 6.07) is 7.41. The Bertz CT molecular complexity index is 617. The summed E-state index contributed by atoms with van der Waals surface area (Å²) in [4.78, 5) is 14.6. The Kier molecular flexibility index (Phi) is 4.83. The standard InChI is InChI=1S/C15H16BrNO2S/c1-9-6-12(20-10(9)2)8-17-15(18)11-4-5-14(19-3)13(16)7-11/h4-7H,8H2,1-3H3,(H,17,18). The molecule has 0 aliphatic rings. The Balaban J connectivity index is 2.03. The maximum Gasteiger partial charge on any atom is 0.251 e. The lowest BCUT2D eigenvalue weighted by atomic mass is 10.2. The highest BCUT2D eigenvalue weighted by Crippen LogP contribution is 2.25. The van der Waals surface area contributed by atoms with E-state index in [0.717, 1.165) is 4.47 Å². The molecule has 5 heteroatoms. The summed E-state index contributed by atoms with van der Waals surface area (Å²) in [5.41, 5.74) is 1.88. The van der Waals surface area contributed by atoms with Crippen molar-refractivity contribution in [1.29, 1.82) is 0 Å². The van der Waals surface area contributed by atoms with Gasteiger partial charge in [0.2, 0.25) is 0 Å². The number of hydrogen-bond acceptors (Lipinski definition) is 3. The minimum Gasteiger partial charge on any atom is -0.496 e. The monoisotopic (exact) mass is 353 g/mol. The molecule has 20 heavy (non-hydrogen) atoms. The summed E-state index contributed by atoms with van der Waals surface area (Å²) in [7, 11) is 1.60. The van der Waals surface area contributed by atoms with Gasteiger partial charge in [0, 0.05) is 15.3 Å². The van der Waals surface area contributed by atoms with E-state index in [1.165, 1.54) is 15.3 Å². The van der Waals surface area contributed by atoms with E-state index in [1.54, 1.807) is 36.6 Å². The van der Waals surface area contributed by atoms with Crippen LogP contribution >= 0.6 is 27.3 Å². The molecule has 106 valence electrons. The number of halogens is 1. The first-order valence-corrected chi connectivity index (χ1v) is 7.80. The number of benzene rings is 1. The molecule has 0 saturated heterocycles. The topological polar surface area (TPSA) is 38.3 Å². The molecular formula is C15H16BrNO2S. The number of aryl methyl sites for hydroxylation is 2. The first-order valence-electron chi connectivity index (χ1n) is 6.19. The average Bonchev–Trinajstić information content (AvgIpc) is 2.75. The van der Waals surface area contributed by atoms with Gasteiger partial charge in [0.15, 0.2) is 0 Å². The van der Waals surface area contributed by atoms with Crippen molar-refractivity contribution in [2.24, 2.45) is 0 Å². The lowest BCUT2D eigenvalue weighted by molar-refractivity contribution is 0.0951. The second-order valence-corrected chi connectivity index (χ2v) is 6.68. The van der Waals surface area contributed by atoms with Crippen molar-refractivity contribution in [2.45, 2.75) is 20.4 Å². The smallest absolute Gasteiger partial charge is 0.251 e. The third-order valence-corrected chi connectivity index (χ3v) is 4.83. The van der Waals surface area contributed by atoms with Gasteiger partial charge < -0.3 is 10.1 Å². The van der Waals surface area contributed by atoms with Crippen LogP contribution in [0.15, 0.2) is 28.7 Å². The largest absolute Gasteiger partial charge is 0.496 e. The number of amides is 1. The molecule has 0 unspecified atom stereocenters. The van der Waals surface area contributed by atoms with Crippen LogP contribution in [0.2, 0.25) is 0 Å². The fourth-order valence-corrected chi connectivity index (χ4v) is 3.35. The van der Waals surface area contributed by atoms with Gasteiger partial charge in [0.25, 0.3) is 5.91 Å². The van der Waals surface area contributed by atoms with Crippen LogP contribution < -0.4 is 10.1 Å². The van der Waals surface area contributed by atoms with E-state index < -0.39 is 0 Å². The molecule has 2 rings (SSSR count). The normalized spacial score (nSPS) is 10.4. The van der Waals surface area contributed by atoms with Gasteiger partial charge in [-0.2, -0.15) is 0 Å². The maximum atomic E-state index is 12.1. The Morgan fingerprint density at radius 1 is 1.35 bits per heavy atom. The van der Waals surface area contributed by atoms with Crippen molar-refractivity contribution >= 4 is 33.2 Å². The van der Waals surface area contributed by atoms with Crippen molar-refractivity contribution in [1.82, 2.24) is 5.32 Å². The van der Waals surface area contributed by atoms with E-state index in [-0.39, 0.29) is 5.91 Å². The van der Waals surface area contributed by atoms with E-state index in [0.29, 0.717) is 17.9 Å². The highest BCUT2D eigenvalue weighted by molar-refractivity contribution is 9.10. The van der Waals surface area contributed by atoms with E-state index in [1.807, 2.05) is 0 Å². The number of nitrogens with one attached hydrogen (secondary N) is 1. The van der Waals surface area contributed by atoms with Gasteiger partial charge in [0.1, 0.15) is 5.75 Å². The molecule has 2 aromatic rings. The van der Waals surface area contributed by atoms with Crippen LogP contribution in [0.25, 0.3) is 0 Å². The second-order valence-electron chi connectivity index (χ2n) is 4.48. The number of carbonyl (C=O) groups excluding carboxylic acids is 1. The number of rotatable bonds is 4. The maximum absolute atomic E-state index is 12.1. The Hall–Kier alpha value is -1.33. The first kappa shape index (κ1) is 15.1. The van der Waals surface area contributed by atoms with Gasteiger partial charge in [-0.05, 0) is 59.6 Å². The molecule has 1 amide bonds. The zero-order valence-electron chi connectivity index (χ0n) is 11.6. The molecule has 0 spiro atoms. The zero-order chi connectivity index (χ0) is 14.7. The summed E-state index contributed by atoms with van der Waals surface area (Å²) in [5, 5.41) is 2.93. The molecule has 0 saturated carbocycles. The van der Waals surface area contributed by atoms with E-state index >= 15 is 0 Å². The Labute approximate surface area is 131 Å². The van der Waals surface area contributed by atoms with Crippen molar-refractivity contribution in [3.8, 4) is 5.75 Å². The van der Waals surface area contributed by atoms with E-state index in [9.17, 15) is 4.79 Å². The molecule has 0 radical (unpaired) electrons. The number of carbonyl (C=O) groups is 1. The number of methoxy groups -OCH3 is 1. The molecule has 1 heterocycles. The summed E-state index contributed by atoms with van der Waals surface area (Å²) in [5.74, 6) is 0.628. The van der Waals surface area contributed by atoms with Crippen molar-refractivity contribution < 1.29 is 9.53 Å². The van der Waals surface area contributed by atoms with Crippen LogP contribution in [-0.4, -0.2) is 13.0 Å². The van der Waals surface area contributed by atoms with Crippen LogP contribution in [0.1, 0.15) is 25.7 Å².